The van der Waals surface area contributed by atoms with Gasteiger partial charge < -0.3 is 9.26 Å². The van der Waals surface area contributed by atoms with Crippen molar-refractivity contribution >= 4 is 0 Å². The summed E-state index contributed by atoms with van der Waals surface area (Å²) in [5.74, 6) is 1.85. The predicted octanol–water partition coefficient (Wildman–Crippen LogP) is 4.50. The zero-order valence-electron chi connectivity index (χ0n) is 14.1. The van der Waals surface area contributed by atoms with Gasteiger partial charge in [0.25, 0.3) is 0 Å². The molecule has 0 aliphatic carbocycles. The van der Waals surface area contributed by atoms with Gasteiger partial charge in [0, 0.05) is 12.6 Å². The summed E-state index contributed by atoms with van der Waals surface area (Å²) >= 11 is 0. The highest BCUT2D eigenvalue weighted by Crippen LogP contribution is 2.32. The number of aromatic nitrogens is 1. The van der Waals surface area contributed by atoms with Gasteiger partial charge >= 0.3 is 0 Å². The summed E-state index contributed by atoms with van der Waals surface area (Å²) in [6.07, 6.45) is 4.64. The molecule has 0 spiro atoms. The molecule has 124 valence electrons. The Balaban J connectivity index is 1.59. The number of nitrogens with zero attached hydrogens (tertiary/aromatic N) is 2. The van der Waals surface area contributed by atoms with Gasteiger partial charge in [-0.2, -0.15) is 0 Å². The predicted molar refractivity (Wildman–Crippen MR) is 90.5 cm³/mol. The molecule has 1 saturated heterocycles. The summed E-state index contributed by atoms with van der Waals surface area (Å²) in [5, 5.41) is 4.21. The average Bonchev–Trinajstić information content (AvgIpc) is 3.18. The van der Waals surface area contributed by atoms with Crippen molar-refractivity contribution in [2.24, 2.45) is 0 Å². The Bertz CT molecular complexity index is 606. The lowest BCUT2D eigenvalue weighted by Crippen LogP contribution is -2.22. The maximum atomic E-state index is 5.73. The highest BCUT2D eigenvalue weighted by Gasteiger charge is 2.28. The second-order valence-corrected chi connectivity index (χ2v) is 6.34. The van der Waals surface area contributed by atoms with Gasteiger partial charge in [-0.3, -0.25) is 4.90 Å². The molecule has 2 aromatic rings. The van der Waals surface area contributed by atoms with Gasteiger partial charge in [-0.1, -0.05) is 30.6 Å². The molecule has 1 aliphatic rings. The fourth-order valence-electron chi connectivity index (χ4n) is 3.15. The van der Waals surface area contributed by atoms with Gasteiger partial charge in [0.05, 0.1) is 12.6 Å². The van der Waals surface area contributed by atoms with E-state index in [9.17, 15) is 0 Å². The van der Waals surface area contributed by atoms with E-state index in [1.807, 2.05) is 6.92 Å². The molecule has 0 amide bonds. The number of hydrogen-bond donors (Lipinski definition) is 0. The maximum Gasteiger partial charge on any atom is 0.133 e. The molecular weight excluding hydrogens is 288 g/mol. The van der Waals surface area contributed by atoms with E-state index in [0.717, 1.165) is 56.2 Å². The van der Waals surface area contributed by atoms with Gasteiger partial charge in [0.1, 0.15) is 17.2 Å². The third kappa shape index (κ3) is 4.14. The highest BCUT2D eigenvalue weighted by molar-refractivity contribution is 5.27. The minimum atomic E-state index is 0.382. The average molecular weight is 314 g/mol. The minimum absolute atomic E-state index is 0.382. The molecule has 1 unspecified atom stereocenters. The van der Waals surface area contributed by atoms with E-state index in [0.29, 0.717) is 6.04 Å². The number of rotatable bonds is 7. The lowest BCUT2D eigenvalue weighted by molar-refractivity contribution is 0.236. The summed E-state index contributed by atoms with van der Waals surface area (Å²) < 4.78 is 11.0. The van der Waals surface area contributed by atoms with E-state index < -0.39 is 0 Å². The van der Waals surface area contributed by atoms with Crippen molar-refractivity contribution < 1.29 is 9.26 Å². The molecule has 1 aliphatic heterocycles. The molecule has 1 atom stereocenters. The molecule has 1 fully saturated rings. The number of aryl methyl sites for hydroxylation is 1. The Morgan fingerprint density at radius 3 is 2.83 bits per heavy atom. The van der Waals surface area contributed by atoms with Crippen LogP contribution in [0.4, 0.5) is 0 Å². The van der Waals surface area contributed by atoms with E-state index in [1.165, 1.54) is 12.0 Å². The van der Waals surface area contributed by atoms with Crippen LogP contribution >= 0.6 is 0 Å². The lowest BCUT2D eigenvalue weighted by atomic mass is 10.1. The molecule has 4 heteroatoms. The largest absolute Gasteiger partial charge is 0.494 e. The Hall–Kier alpha value is -1.81. The molecule has 0 N–H and O–H groups in total. The molecule has 23 heavy (non-hydrogen) atoms. The third-order valence-electron chi connectivity index (χ3n) is 4.43. The van der Waals surface area contributed by atoms with Crippen LogP contribution in [0.3, 0.4) is 0 Å². The van der Waals surface area contributed by atoms with Crippen LogP contribution < -0.4 is 4.74 Å². The van der Waals surface area contributed by atoms with Crippen molar-refractivity contribution in [1.29, 1.82) is 0 Å². The molecule has 1 aromatic carbocycles. The quantitative estimate of drug-likeness (QED) is 0.705. The van der Waals surface area contributed by atoms with Crippen LogP contribution in [0.5, 0.6) is 5.75 Å². The Kier molecular flexibility index (Phi) is 5.34. The molecule has 0 saturated carbocycles. The van der Waals surface area contributed by atoms with Crippen LogP contribution in [-0.2, 0) is 6.54 Å². The zero-order valence-corrected chi connectivity index (χ0v) is 14.1. The smallest absolute Gasteiger partial charge is 0.133 e. The second-order valence-electron chi connectivity index (χ2n) is 6.34. The Labute approximate surface area is 138 Å². The summed E-state index contributed by atoms with van der Waals surface area (Å²) in [6, 6.07) is 10.9. The highest BCUT2D eigenvalue weighted by atomic mass is 16.5. The first-order valence-electron chi connectivity index (χ1n) is 8.65. The Morgan fingerprint density at radius 2 is 2.13 bits per heavy atom. The summed E-state index contributed by atoms with van der Waals surface area (Å²) in [5.41, 5.74) is 2.39. The SMILES string of the molecule is CCCCOc1ccc(CN2CCCC2c2cc(C)on2)cc1. The lowest BCUT2D eigenvalue weighted by Gasteiger charge is -2.22. The minimum Gasteiger partial charge on any atom is -0.494 e. The number of ether oxygens (including phenoxy) is 1. The molecule has 0 bridgehead atoms. The van der Waals surface area contributed by atoms with Crippen molar-refractivity contribution in [3.8, 4) is 5.75 Å². The maximum absolute atomic E-state index is 5.73. The number of unbranched alkanes of at least 4 members (excludes halogenated alkanes) is 1. The normalized spacial score (nSPS) is 18.4. The van der Waals surface area contributed by atoms with Crippen LogP contribution in [0.1, 0.15) is 55.7 Å². The first kappa shape index (κ1) is 16.1. The first-order valence-corrected chi connectivity index (χ1v) is 8.65. The van der Waals surface area contributed by atoms with Crippen LogP contribution in [0.2, 0.25) is 0 Å². The molecule has 0 radical (unpaired) electrons. The van der Waals surface area contributed by atoms with Crippen molar-refractivity contribution in [3.05, 3.63) is 47.3 Å². The van der Waals surface area contributed by atoms with E-state index in [1.54, 1.807) is 0 Å². The Morgan fingerprint density at radius 1 is 1.30 bits per heavy atom. The van der Waals surface area contributed by atoms with Gasteiger partial charge in [-0.05, 0) is 50.4 Å². The van der Waals surface area contributed by atoms with Crippen molar-refractivity contribution in [2.45, 2.75) is 52.1 Å². The van der Waals surface area contributed by atoms with Crippen molar-refractivity contribution in [3.63, 3.8) is 0 Å². The molecule has 4 nitrogen and oxygen atoms in total. The number of likely N-dealkylation sites (tertiary alicyclic amines) is 1. The summed E-state index contributed by atoms with van der Waals surface area (Å²) in [6.45, 7) is 7.00. The van der Waals surface area contributed by atoms with Crippen molar-refractivity contribution in [2.75, 3.05) is 13.2 Å². The summed E-state index contributed by atoms with van der Waals surface area (Å²) in [4.78, 5) is 2.49. The van der Waals surface area contributed by atoms with Crippen LogP contribution in [0, 0.1) is 6.92 Å². The van der Waals surface area contributed by atoms with E-state index in [-0.39, 0.29) is 0 Å². The standard InChI is InChI=1S/C19H26N2O2/c1-3-4-12-22-17-9-7-16(8-10-17)14-21-11-5-6-19(21)18-13-15(2)23-20-18/h7-10,13,19H,3-6,11-12,14H2,1-2H3. The molecule has 3 rings (SSSR count). The monoisotopic (exact) mass is 314 g/mol. The van der Waals surface area contributed by atoms with Crippen LogP contribution in [0.25, 0.3) is 0 Å². The van der Waals surface area contributed by atoms with Gasteiger partial charge in [0.2, 0.25) is 0 Å². The third-order valence-corrected chi connectivity index (χ3v) is 4.43. The molecule has 2 heterocycles. The summed E-state index contributed by atoms with van der Waals surface area (Å²) in [7, 11) is 0. The first-order chi connectivity index (χ1) is 11.3. The fraction of sp³-hybridized carbons (Fsp3) is 0.526. The van der Waals surface area contributed by atoms with Crippen LogP contribution in [0.15, 0.2) is 34.9 Å². The zero-order chi connectivity index (χ0) is 16.1. The van der Waals surface area contributed by atoms with Crippen molar-refractivity contribution in [1.82, 2.24) is 10.1 Å². The van der Waals surface area contributed by atoms with Crippen LogP contribution in [-0.4, -0.2) is 23.2 Å². The number of benzene rings is 1. The van der Waals surface area contributed by atoms with E-state index in [4.69, 9.17) is 9.26 Å². The fourth-order valence-corrected chi connectivity index (χ4v) is 3.15. The number of hydrogen-bond acceptors (Lipinski definition) is 4. The van der Waals surface area contributed by atoms with Gasteiger partial charge in [0.15, 0.2) is 0 Å². The van der Waals surface area contributed by atoms with E-state index in [2.05, 4.69) is 47.3 Å². The van der Waals surface area contributed by atoms with E-state index >= 15 is 0 Å². The molecular formula is C19H26N2O2. The van der Waals surface area contributed by atoms with Gasteiger partial charge in [-0.15, -0.1) is 0 Å². The topological polar surface area (TPSA) is 38.5 Å². The second kappa shape index (κ2) is 7.64. The van der Waals surface area contributed by atoms with Gasteiger partial charge in [-0.25, -0.2) is 0 Å². The molecule has 1 aromatic heterocycles.